The van der Waals surface area contributed by atoms with Gasteiger partial charge >= 0.3 is 0 Å². The van der Waals surface area contributed by atoms with Gasteiger partial charge in [-0.15, -0.1) is 0 Å². The Balaban J connectivity index is 1.71. The second-order valence-electron chi connectivity index (χ2n) is 6.30. The predicted octanol–water partition coefficient (Wildman–Crippen LogP) is -0.572. The van der Waals surface area contributed by atoms with Crippen molar-refractivity contribution in [3.8, 4) is 0 Å². The van der Waals surface area contributed by atoms with E-state index in [1.54, 1.807) is 4.57 Å². The second-order valence-corrected chi connectivity index (χ2v) is 6.30. The fourth-order valence-corrected chi connectivity index (χ4v) is 3.47. The van der Waals surface area contributed by atoms with Crippen LogP contribution in [0.25, 0.3) is 11.2 Å². The monoisotopic (exact) mass is 335 g/mol. The molecule has 9 nitrogen and oxygen atoms in total. The minimum atomic E-state index is -1.16. The standard InChI is InChI=1S/C15H21N5O4/c21-6-9-11(22)12(23)15(24-9)20-8-18-10-13(16-7-17-14(10)20)19-4-2-1-3-5-19/h7-9,11-12,15,21-23H,1-6H2/t9-,11-,12-,15-/m1/s1. The highest BCUT2D eigenvalue weighted by Crippen LogP contribution is 2.33. The zero-order valence-electron chi connectivity index (χ0n) is 13.2. The molecule has 2 aromatic rings. The van der Waals surface area contributed by atoms with E-state index in [1.165, 1.54) is 19.1 Å². The van der Waals surface area contributed by atoms with Crippen molar-refractivity contribution in [2.45, 2.75) is 43.8 Å². The van der Waals surface area contributed by atoms with Gasteiger partial charge in [0.1, 0.15) is 24.6 Å². The number of nitrogens with zero attached hydrogens (tertiary/aromatic N) is 5. The van der Waals surface area contributed by atoms with Crippen LogP contribution in [0.4, 0.5) is 5.82 Å². The van der Waals surface area contributed by atoms with Gasteiger partial charge in [-0.3, -0.25) is 4.57 Å². The van der Waals surface area contributed by atoms with Gasteiger partial charge in [-0.2, -0.15) is 0 Å². The van der Waals surface area contributed by atoms with Gasteiger partial charge in [0.05, 0.1) is 12.9 Å². The van der Waals surface area contributed by atoms with Gasteiger partial charge in [0.25, 0.3) is 0 Å². The van der Waals surface area contributed by atoms with Gasteiger partial charge in [0, 0.05) is 13.1 Å². The third kappa shape index (κ3) is 2.44. The highest BCUT2D eigenvalue weighted by molar-refractivity contribution is 5.83. The van der Waals surface area contributed by atoms with Crippen LogP contribution < -0.4 is 4.90 Å². The van der Waals surface area contributed by atoms with E-state index in [2.05, 4.69) is 19.9 Å². The summed E-state index contributed by atoms with van der Waals surface area (Å²) in [4.78, 5) is 15.3. The summed E-state index contributed by atoms with van der Waals surface area (Å²) < 4.78 is 7.16. The fraction of sp³-hybridized carbons (Fsp3) is 0.667. The summed E-state index contributed by atoms with van der Waals surface area (Å²) in [6.45, 7) is 1.51. The highest BCUT2D eigenvalue weighted by atomic mass is 16.6. The molecule has 0 amide bonds. The lowest BCUT2D eigenvalue weighted by molar-refractivity contribution is -0.0511. The average Bonchev–Trinajstić information content (AvgIpc) is 3.17. The summed E-state index contributed by atoms with van der Waals surface area (Å²) in [5.74, 6) is 0.783. The molecular formula is C15H21N5O4. The molecule has 0 radical (unpaired) electrons. The lowest BCUT2D eigenvalue weighted by atomic mass is 10.1. The number of hydrogen-bond donors (Lipinski definition) is 3. The maximum atomic E-state index is 10.2. The van der Waals surface area contributed by atoms with E-state index in [1.807, 2.05) is 0 Å². The van der Waals surface area contributed by atoms with Crippen LogP contribution in [-0.2, 0) is 4.74 Å². The normalized spacial score (nSPS) is 31.0. The van der Waals surface area contributed by atoms with Gasteiger partial charge < -0.3 is 25.0 Å². The van der Waals surface area contributed by atoms with Crippen LogP contribution in [0.15, 0.2) is 12.7 Å². The van der Waals surface area contributed by atoms with Crippen molar-refractivity contribution in [2.75, 3.05) is 24.6 Å². The first-order chi connectivity index (χ1) is 11.7. The van der Waals surface area contributed by atoms with Gasteiger partial charge in [-0.25, -0.2) is 15.0 Å². The van der Waals surface area contributed by atoms with Gasteiger partial charge in [-0.05, 0) is 19.3 Å². The van der Waals surface area contributed by atoms with E-state index in [9.17, 15) is 15.3 Å². The van der Waals surface area contributed by atoms with Crippen LogP contribution in [-0.4, -0.2) is 72.8 Å². The number of piperidine rings is 1. The molecule has 4 heterocycles. The minimum Gasteiger partial charge on any atom is -0.394 e. The Morgan fingerprint density at radius 3 is 2.58 bits per heavy atom. The first-order valence-corrected chi connectivity index (χ1v) is 8.25. The number of imidazole rings is 1. The first kappa shape index (κ1) is 15.7. The van der Waals surface area contributed by atoms with E-state index in [0.717, 1.165) is 31.7 Å². The van der Waals surface area contributed by atoms with E-state index < -0.39 is 24.5 Å². The number of rotatable bonds is 3. The number of aliphatic hydroxyl groups is 3. The lowest BCUT2D eigenvalue weighted by Crippen LogP contribution is -2.33. The molecule has 3 N–H and O–H groups in total. The topological polar surface area (TPSA) is 117 Å². The molecule has 9 heteroatoms. The number of anilines is 1. The molecule has 0 bridgehead atoms. The molecule has 2 aromatic heterocycles. The first-order valence-electron chi connectivity index (χ1n) is 8.25. The molecule has 24 heavy (non-hydrogen) atoms. The maximum absolute atomic E-state index is 10.2. The second kappa shape index (κ2) is 6.25. The van der Waals surface area contributed by atoms with Crippen LogP contribution in [0.1, 0.15) is 25.5 Å². The van der Waals surface area contributed by atoms with E-state index in [0.29, 0.717) is 11.2 Å². The molecule has 0 unspecified atom stereocenters. The molecule has 4 rings (SSSR count). The predicted molar refractivity (Wildman–Crippen MR) is 84.4 cm³/mol. The van der Waals surface area contributed by atoms with Crippen molar-refractivity contribution in [2.24, 2.45) is 0 Å². The number of hydrogen-bond acceptors (Lipinski definition) is 8. The van der Waals surface area contributed by atoms with Gasteiger partial charge in [0.15, 0.2) is 23.2 Å². The third-order valence-corrected chi connectivity index (χ3v) is 4.79. The maximum Gasteiger partial charge on any atom is 0.167 e. The molecule has 4 atom stereocenters. The summed E-state index contributed by atoms with van der Waals surface area (Å²) in [7, 11) is 0. The van der Waals surface area contributed by atoms with E-state index in [-0.39, 0.29) is 6.61 Å². The Bertz CT molecular complexity index is 717. The number of aliphatic hydroxyl groups excluding tert-OH is 3. The Kier molecular flexibility index (Phi) is 4.09. The molecule has 0 aliphatic carbocycles. The molecule has 130 valence electrons. The number of fused-ring (bicyclic) bond motifs is 1. The van der Waals surface area contributed by atoms with Crippen molar-refractivity contribution >= 4 is 17.0 Å². The Labute approximate surface area is 138 Å². The SMILES string of the molecule is OC[C@H]1O[C@@H](n2cnc3c(N4CCCCC4)ncnc32)[C@H](O)[C@@H]1O. The largest absolute Gasteiger partial charge is 0.394 e. The summed E-state index contributed by atoms with van der Waals surface area (Å²) in [5.41, 5.74) is 1.19. The number of ether oxygens (including phenoxy) is 1. The van der Waals surface area contributed by atoms with Crippen molar-refractivity contribution < 1.29 is 20.1 Å². The van der Waals surface area contributed by atoms with Crippen LogP contribution >= 0.6 is 0 Å². The van der Waals surface area contributed by atoms with Crippen LogP contribution in [0.3, 0.4) is 0 Å². The Morgan fingerprint density at radius 2 is 1.88 bits per heavy atom. The van der Waals surface area contributed by atoms with E-state index >= 15 is 0 Å². The smallest absolute Gasteiger partial charge is 0.167 e. The zero-order valence-corrected chi connectivity index (χ0v) is 13.2. The summed E-state index contributed by atoms with van der Waals surface area (Å²) in [6.07, 6.45) is 2.51. The van der Waals surface area contributed by atoms with Gasteiger partial charge in [-0.1, -0.05) is 0 Å². The fourth-order valence-electron chi connectivity index (χ4n) is 3.47. The van der Waals surface area contributed by atoms with Crippen molar-refractivity contribution in [1.82, 2.24) is 19.5 Å². The molecular weight excluding hydrogens is 314 g/mol. The van der Waals surface area contributed by atoms with Crippen LogP contribution in [0, 0.1) is 0 Å². The Morgan fingerprint density at radius 1 is 1.08 bits per heavy atom. The molecule has 0 spiro atoms. The molecule has 2 fully saturated rings. The molecule has 2 saturated heterocycles. The molecule has 0 aromatic carbocycles. The van der Waals surface area contributed by atoms with Gasteiger partial charge in [0.2, 0.25) is 0 Å². The van der Waals surface area contributed by atoms with Crippen LogP contribution in [0.2, 0.25) is 0 Å². The zero-order chi connectivity index (χ0) is 16.7. The Hall–Kier alpha value is -1.81. The average molecular weight is 335 g/mol. The molecule has 2 aliphatic rings. The highest BCUT2D eigenvalue weighted by Gasteiger charge is 2.44. The lowest BCUT2D eigenvalue weighted by Gasteiger charge is -2.27. The third-order valence-electron chi connectivity index (χ3n) is 4.79. The molecule has 2 aliphatic heterocycles. The minimum absolute atomic E-state index is 0.366. The summed E-state index contributed by atoms with van der Waals surface area (Å²) in [6, 6.07) is 0. The van der Waals surface area contributed by atoms with E-state index in [4.69, 9.17) is 4.74 Å². The summed E-state index contributed by atoms with van der Waals surface area (Å²) >= 11 is 0. The van der Waals surface area contributed by atoms with Crippen molar-refractivity contribution in [1.29, 1.82) is 0 Å². The molecule has 0 saturated carbocycles. The van der Waals surface area contributed by atoms with Crippen molar-refractivity contribution in [3.05, 3.63) is 12.7 Å². The van der Waals surface area contributed by atoms with Crippen molar-refractivity contribution in [3.63, 3.8) is 0 Å². The number of aromatic nitrogens is 4. The summed E-state index contributed by atoms with van der Waals surface area (Å²) in [5, 5.41) is 29.4. The van der Waals surface area contributed by atoms with Crippen LogP contribution in [0.5, 0.6) is 0 Å². The quantitative estimate of drug-likeness (QED) is 0.683.